The van der Waals surface area contributed by atoms with E-state index >= 15 is 0 Å². The van der Waals surface area contributed by atoms with Crippen molar-refractivity contribution in [2.24, 2.45) is 5.10 Å². The van der Waals surface area contributed by atoms with Crippen LogP contribution in [0.25, 0.3) is 0 Å². The number of hydrogen-bond donors (Lipinski definition) is 3. The quantitative estimate of drug-likeness (QED) is 0.586. The van der Waals surface area contributed by atoms with Crippen LogP contribution in [0.15, 0.2) is 53.6 Å². The highest BCUT2D eigenvalue weighted by molar-refractivity contribution is 6.30. The van der Waals surface area contributed by atoms with E-state index in [1.54, 1.807) is 55.5 Å². The highest BCUT2D eigenvalue weighted by Crippen LogP contribution is 2.14. The van der Waals surface area contributed by atoms with Crippen molar-refractivity contribution in [3.05, 3.63) is 59.1 Å². The second-order valence-electron chi connectivity index (χ2n) is 4.70. The molecule has 0 radical (unpaired) electrons. The summed E-state index contributed by atoms with van der Waals surface area (Å²) < 4.78 is 0. The van der Waals surface area contributed by atoms with E-state index in [1.165, 1.54) is 6.21 Å². The van der Waals surface area contributed by atoms with Crippen molar-refractivity contribution in [3.8, 4) is 5.75 Å². The van der Waals surface area contributed by atoms with Crippen molar-refractivity contribution in [1.82, 2.24) is 5.43 Å². The number of phenolic OH excluding ortho intramolecular Hbond substituents is 1. The maximum atomic E-state index is 11.9. The molecular weight excluding hydrogens is 302 g/mol. The van der Waals surface area contributed by atoms with Gasteiger partial charge in [0.05, 0.1) is 6.21 Å². The molecule has 6 heteroatoms. The van der Waals surface area contributed by atoms with Crippen LogP contribution in [0.5, 0.6) is 5.75 Å². The van der Waals surface area contributed by atoms with Crippen molar-refractivity contribution in [3.63, 3.8) is 0 Å². The molecule has 1 unspecified atom stereocenters. The van der Waals surface area contributed by atoms with Gasteiger partial charge in [0.25, 0.3) is 5.91 Å². The third-order valence-corrected chi connectivity index (χ3v) is 3.15. The van der Waals surface area contributed by atoms with Crippen LogP contribution in [0.3, 0.4) is 0 Å². The molecule has 0 aliphatic carbocycles. The van der Waals surface area contributed by atoms with Crippen LogP contribution in [-0.4, -0.2) is 23.3 Å². The molecule has 0 saturated carbocycles. The zero-order chi connectivity index (χ0) is 15.9. The van der Waals surface area contributed by atoms with Crippen LogP contribution in [0.2, 0.25) is 5.02 Å². The molecule has 2 aromatic rings. The molecule has 2 aromatic carbocycles. The van der Waals surface area contributed by atoms with Gasteiger partial charge in [0.15, 0.2) is 0 Å². The molecule has 1 amide bonds. The Morgan fingerprint density at radius 2 is 1.82 bits per heavy atom. The number of halogens is 1. The fourth-order valence-electron chi connectivity index (χ4n) is 1.69. The number of aromatic hydroxyl groups is 1. The molecule has 1 atom stereocenters. The Bertz CT molecular complexity index is 654. The number of nitrogens with one attached hydrogen (secondary N) is 2. The number of amides is 1. The number of anilines is 1. The monoisotopic (exact) mass is 317 g/mol. The number of carbonyl (C=O) groups excluding carboxylic acids is 1. The smallest absolute Gasteiger partial charge is 0.262 e. The van der Waals surface area contributed by atoms with Gasteiger partial charge in [0.1, 0.15) is 11.8 Å². The molecule has 0 aromatic heterocycles. The minimum atomic E-state index is -0.446. The van der Waals surface area contributed by atoms with Gasteiger partial charge in [-0.15, -0.1) is 0 Å². The fourth-order valence-corrected chi connectivity index (χ4v) is 1.82. The third kappa shape index (κ3) is 4.79. The second kappa shape index (κ2) is 7.47. The summed E-state index contributed by atoms with van der Waals surface area (Å²) in [5.41, 5.74) is 4.03. The normalized spacial score (nSPS) is 12.1. The summed E-state index contributed by atoms with van der Waals surface area (Å²) in [6, 6.07) is 13.1. The van der Waals surface area contributed by atoms with Crippen LogP contribution in [0.1, 0.15) is 12.5 Å². The Kier molecular flexibility index (Phi) is 5.38. The first kappa shape index (κ1) is 15.9. The summed E-state index contributed by atoms with van der Waals surface area (Å²) in [5.74, 6) is -0.0769. The number of phenols is 1. The number of carbonyl (C=O) groups is 1. The summed E-state index contributed by atoms with van der Waals surface area (Å²) in [5, 5.41) is 16.7. The lowest BCUT2D eigenvalue weighted by atomic mass is 10.2. The third-order valence-electron chi connectivity index (χ3n) is 2.90. The topological polar surface area (TPSA) is 73.7 Å². The summed E-state index contributed by atoms with van der Waals surface area (Å²) in [6.45, 7) is 1.74. The van der Waals surface area contributed by atoms with Crippen molar-refractivity contribution in [2.45, 2.75) is 13.0 Å². The minimum Gasteiger partial charge on any atom is -0.508 e. The Labute approximate surface area is 133 Å². The minimum absolute atomic E-state index is 0.182. The SMILES string of the molecule is CC(Nc1ccc(Cl)cc1)C(=O)NN=Cc1ccc(O)cc1. The van der Waals surface area contributed by atoms with Crippen molar-refractivity contribution < 1.29 is 9.90 Å². The Morgan fingerprint density at radius 3 is 2.45 bits per heavy atom. The lowest BCUT2D eigenvalue weighted by molar-refractivity contribution is -0.121. The average Bonchev–Trinajstić information content (AvgIpc) is 2.51. The van der Waals surface area contributed by atoms with Crippen LogP contribution in [-0.2, 0) is 4.79 Å². The van der Waals surface area contributed by atoms with E-state index in [4.69, 9.17) is 16.7 Å². The van der Waals surface area contributed by atoms with Gasteiger partial charge < -0.3 is 10.4 Å². The van der Waals surface area contributed by atoms with Crippen molar-refractivity contribution >= 4 is 29.4 Å². The molecule has 22 heavy (non-hydrogen) atoms. The van der Waals surface area contributed by atoms with Crippen LogP contribution in [0.4, 0.5) is 5.69 Å². The van der Waals surface area contributed by atoms with Gasteiger partial charge in [-0.2, -0.15) is 5.10 Å². The van der Waals surface area contributed by atoms with E-state index < -0.39 is 6.04 Å². The number of benzene rings is 2. The molecule has 0 fully saturated rings. The van der Waals surface area contributed by atoms with E-state index in [9.17, 15) is 4.79 Å². The van der Waals surface area contributed by atoms with Gasteiger partial charge in [-0.25, -0.2) is 5.43 Å². The van der Waals surface area contributed by atoms with Gasteiger partial charge in [0, 0.05) is 10.7 Å². The molecule has 114 valence electrons. The van der Waals surface area contributed by atoms with Crippen molar-refractivity contribution in [1.29, 1.82) is 0 Å². The summed E-state index contributed by atoms with van der Waals surface area (Å²) in [7, 11) is 0. The molecule has 0 aliphatic rings. The predicted molar refractivity (Wildman–Crippen MR) is 88.4 cm³/mol. The molecule has 2 rings (SSSR count). The predicted octanol–water partition coefficient (Wildman–Crippen LogP) is 3.00. The van der Waals surface area contributed by atoms with Gasteiger partial charge in [-0.05, 0) is 61.0 Å². The average molecular weight is 318 g/mol. The molecular formula is C16H16ClN3O2. The van der Waals surface area contributed by atoms with E-state index in [0.29, 0.717) is 5.02 Å². The van der Waals surface area contributed by atoms with E-state index in [2.05, 4.69) is 15.8 Å². The standard InChI is InChI=1S/C16H16ClN3O2/c1-11(19-14-6-4-13(17)5-7-14)16(22)20-18-10-12-2-8-15(21)9-3-12/h2-11,19,21H,1H3,(H,20,22). The molecule has 0 aliphatic heterocycles. The number of rotatable bonds is 5. The first-order valence-electron chi connectivity index (χ1n) is 6.68. The maximum absolute atomic E-state index is 11.9. The Morgan fingerprint density at radius 1 is 1.18 bits per heavy atom. The number of hydrazone groups is 1. The molecule has 0 heterocycles. The van der Waals surface area contributed by atoms with E-state index in [0.717, 1.165) is 11.3 Å². The largest absolute Gasteiger partial charge is 0.508 e. The maximum Gasteiger partial charge on any atom is 0.262 e. The van der Waals surface area contributed by atoms with E-state index in [1.807, 2.05) is 0 Å². The summed E-state index contributed by atoms with van der Waals surface area (Å²) in [4.78, 5) is 11.9. The molecule has 0 bridgehead atoms. The van der Waals surface area contributed by atoms with Gasteiger partial charge in [0.2, 0.25) is 0 Å². The number of nitrogens with zero attached hydrogens (tertiary/aromatic N) is 1. The van der Waals surface area contributed by atoms with Crippen LogP contribution in [0, 0.1) is 0 Å². The van der Waals surface area contributed by atoms with E-state index in [-0.39, 0.29) is 11.7 Å². The molecule has 0 spiro atoms. The van der Waals surface area contributed by atoms with Gasteiger partial charge >= 0.3 is 0 Å². The van der Waals surface area contributed by atoms with Crippen LogP contribution < -0.4 is 10.7 Å². The fraction of sp³-hybridized carbons (Fsp3) is 0.125. The Balaban J connectivity index is 1.85. The first-order chi connectivity index (χ1) is 10.5. The van der Waals surface area contributed by atoms with Crippen molar-refractivity contribution in [2.75, 3.05) is 5.32 Å². The molecule has 5 nitrogen and oxygen atoms in total. The van der Waals surface area contributed by atoms with Crippen LogP contribution >= 0.6 is 11.6 Å². The second-order valence-corrected chi connectivity index (χ2v) is 5.14. The zero-order valence-electron chi connectivity index (χ0n) is 12.0. The highest BCUT2D eigenvalue weighted by atomic mass is 35.5. The zero-order valence-corrected chi connectivity index (χ0v) is 12.7. The van der Waals surface area contributed by atoms with Gasteiger partial charge in [-0.3, -0.25) is 4.79 Å². The molecule has 0 saturated heterocycles. The number of hydrogen-bond acceptors (Lipinski definition) is 4. The lowest BCUT2D eigenvalue weighted by Gasteiger charge is -2.13. The highest BCUT2D eigenvalue weighted by Gasteiger charge is 2.11. The Hall–Kier alpha value is -2.53. The summed E-state index contributed by atoms with van der Waals surface area (Å²) in [6.07, 6.45) is 1.51. The molecule has 3 N–H and O–H groups in total. The summed E-state index contributed by atoms with van der Waals surface area (Å²) >= 11 is 5.81. The first-order valence-corrected chi connectivity index (χ1v) is 7.06. The van der Waals surface area contributed by atoms with Gasteiger partial charge in [-0.1, -0.05) is 11.6 Å². The lowest BCUT2D eigenvalue weighted by Crippen LogP contribution is -2.34.